The predicted molar refractivity (Wildman–Crippen MR) is 131 cm³/mol. The smallest absolute Gasteiger partial charge is 0.416 e. The fourth-order valence-corrected chi connectivity index (χ4v) is 3.78. The van der Waals surface area contributed by atoms with E-state index in [0.717, 1.165) is 36.6 Å². The monoisotopic (exact) mass is 507 g/mol. The number of alkyl halides is 3. The molecule has 1 amide bonds. The molecule has 10 heteroatoms. The number of carbonyl (C=O) groups excluding carboxylic acids is 1. The Morgan fingerprint density at radius 1 is 1.06 bits per heavy atom. The first-order valence-corrected chi connectivity index (χ1v) is 11.9. The average molecular weight is 508 g/mol. The Morgan fingerprint density at radius 3 is 2.37 bits per heavy atom. The molecule has 0 saturated heterocycles. The Hall–Kier alpha value is -3.24. The van der Waals surface area contributed by atoms with E-state index < -0.39 is 23.6 Å². The van der Waals surface area contributed by atoms with Gasteiger partial charge in [0.25, 0.3) is 5.91 Å². The van der Waals surface area contributed by atoms with Gasteiger partial charge < -0.3 is 10.4 Å². The number of carboxylic acid groups (broad SMARTS) is 1. The molecule has 3 rings (SSSR count). The highest BCUT2D eigenvalue weighted by Gasteiger charge is 2.31. The molecule has 0 saturated carbocycles. The van der Waals surface area contributed by atoms with E-state index in [1.807, 2.05) is 0 Å². The molecule has 0 bridgehead atoms. The topological polar surface area (TPSA) is 91.3 Å². The van der Waals surface area contributed by atoms with E-state index >= 15 is 0 Å². The van der Waals surface area contributed by atoms with Crippen molar-refractivity contribution < 1.29 is 27.9 Å². The fourth-order valence-electron chi connectivity index (χ4n) is 2.98. The van der Waals surface area contributed by atoms with E-state index in [-0.39, 0.29) is 21.3 Å². The highest BCUT2D eigenvalue weighted by atomic mass is 32.1. The second-order valence-corrected chi connectivity index (χ2v) is 8.64. The maximum Gasteiger partial charge on any atom is 0.416 e. The molecule has 0 aliphatic heterocycles. The van der Waals surface area contributed by atoms with Crippen LogP contribution in [0.15, 0.2) is 54.6 Å². The summed E-state index contributed by atoms with van der Waals surface area (Å²) in [4.78, 5) is 26.6. The van der Waals surface area contributed by atoms with Crippen LogP contribution in [-0.2, 0) is 12.7 Å². The molecule has 0 spiro atoms. The lowest BCUT2D eigenvalue weighted by atomic mass is 10.1. The third kappa shape index (κ3) is 9.50. The minimum absolute atomic E-state index is 0.0114. The molecule has 0 atom stereocenters. The number of carbonyl (C=O) groups is 2. The molecule has 2 aromatic carbocycles. The van der Waals surface area contributed by atoms with Gasteiger partial charge in [-0.25, -0.2) is 9.78 Å². The van der Waals surface area contributed by atoms with E-state index in [1.54, 1.807) is 0 Å². The number of hydrogen-bond donors (Lipinski definition) is 3. The van der Waals surface area contributed by atoms with Crippen molar-refractivity contribution in [3.05, 3.63) is 81.9 Å². The summed E-state index contributed by atoms with van der Waals surface area (Å²) in [6.45, 7) is 5.84. The highest BCUT2D eigenvalue weighted by molar-refractivity contribution is 7.17. The average Bonchev–Trinajstić information content (AvgIpc) is 3.20. The van der Waals surface area contributed by atoms with Crippen LogP contribution in [0.5, 0.6) is 0 Å². The highest BCUT2D eigenvalue weighted by Crippen LogP contribution is 2.30. The number of rotatable bonds is 9. The van der Waals surface area contributed by atoms with Gasteiger partial charge in [-0.3, -0.25) is 10.1 Å². The van der Waals surface area contributed by atoms with Crippen LogP contribution in [0.1, 0.15) is 63.0 Å². The van der Waals surface area contributed by atoms with Crippen LogP contribution in [0, 0.1) is 6.92 Å². The van der Waals surface area contributed by atoms with Crippen LogP contribution in [0.4, 0.5) is 18.3 Å². The molecule has 0 unspecified atom stereocenters. The summed E-state index contributed by atoms with van der Waals surface area (Å²) in [5.41, 5.74) is 0.456. The van der Waals surface area contributed by atoms with Crippen molar-refractivity contribution in [1.29, 1.82) is 0 Å². The maximum atomic E-state index is 12.6. The van der Waals surface area contributed by atoms with Gasteiger partial charge in [0.05, 0.1) is 11.3 Å². The molecule has 0 aliphatic carbocycles. The Labute approximate surface area is 206 Å². The van der Waals surface area contributed by atoms with Gasteiger partial charge in [-0.2, -0.15) is 13.2 Å². The summed E-state index contributed by atoms with van der Waals surface area (Å²) in [7, 11) is 0. The maximum absolute atomic E-state index is 12.6. The molecule has 35 heavy (non-hydrogen) atoms. The third-order valence-corrected chi connectivity index (χ3v) is 5.85. The van der Waals surface area contributed by atoms with Gasteiger partial charge >= 0.3 is 12.1 Å². The number of nitrogens with one attached hydrogen (secondary N) is 2. The van der Waals surface area contributed by atoms with E-state index in [0.29, 0.717) is 6.07 Å². The molecule has 0 fully saturated rings. The van der Waals surface area contributed by atoms with Crippen molar-refractivity contribution in [1.82, 2.24) is 10.3 Å². The zero-order chi connectivity index (χ0) is 25.8. The van der Waals surface area contributed by atoms with Gasteiger partial charge in [-0.1, -0.05) is 67.5 Å². The van der Waals surface area contributed by atoms with Crippen LogP contribution in [0.2, 0.25) is 0 Å². The molecule has 188 valence electrons. The Kier molecular flexibility index (Phi) is 10.9. The normalized spacial score (nSPS) is 10.9. The number of carboxylic acids is 1. The molecule has 1 heterocycles. The van der Waals surface area contributed by atoms with E-state index in [2.05, 4.69) is 52.9 Å². The molecule has 1 aromatic heterocycles. The zero-order valence-electron chi connectivity index (χ0n) is 19.5. The van der Waals surface area contributed by atoms with Crippen LogP contribution in [-0.4, -0.2) is 28.5 Å². The molecule has 0 radical (unpaired) electrons. The molecular weight excluding hydrogens is 479 g/mol. The van der Waals surface area contributed by atoms with Gasteiger partial charge in [-0.05, 0) is 43.7 Å². The molecule has 3 N–H and O–H groups in total. The van der Waals surface area contributed by atoms with Crippen molar-refractivity contribution in [2.24, 2.45) is 0 Å². The minimum atomic E-state index is -4.55. The largest absolute Gasteiger partial charge is 0.477 e. The molecule has 0 aliphatic rings. The first-order chi connectivity index (χ1) is 16.6. The number of halogens is 3. The first-order valence-electron chi connectivity index (χ1n) is 11.1. The number of benzene rings is 2. The van der Waals surface area contributed by atoms with Crippen molar-refractivity contribution in [2.75, 3.05) is 11.9 Å². The Bertz CT molecular complexity index is 1100. The molecular formula is C25H28F3N3O3S. The zero-order valence-corrected chi connectivity index (χ0v) is 20.3. The third-order valence-electron chi connectivity index (χ3n) is 4.79. The van der Waals surface area contributed by atoms with E-state index in [9.17, 15) is 22.8 Å². The summed E-state index contributed by atoms with van der Waals surface area (Å²) in [6, 6.07) is 14.5. The number of unbranched alkanes of at least 4 members (excludes halogenated alkanes) is 2. The second kappa shape index (κ2) is 13.6. The van der Waals surface area contributed by atoms with Crippen molar-refractivity contribution in [3.63, 3.8) is 0 Å². The number of hydrogen-bond acceptors (Lipinski definition) is 5. The number of aromatic nitrogens is 1. The van der Waals surface area contributed by atoms with Crippen LogP contribution < -0.4 is 10.6 Å². The number of nitrogens with zero attached hydrogens (tertiary/aromatic N) is 1. The van der Waals surface area contributed by atoms with Gasteiger partial charge in [0, 0.05) is 12.1 Å². The number of aryl methyl sites for hydroxylation is 1. The number of amides is 1. The summed E-state index contributed by atoms with van der Waals surface area (Å²) in [5, 5.41) is 14.6. The number of thiazole rings is 1. The Balaban J connectivity index is 0.000000283. The van der Waals surface area contributed by atoms with Crippen LogP contribution in [0.25, 0.3) is 0 Å². The summed E-state index contributed by atoms with van der Waals surface area (Å²) in [6.07, 6.45) is -0.622. The number of anilines is 1. The van der Waals surface area contributed by atoms with Crippen molar-refractivity contribution >= 4 is 28.3 Å². The molecule has 6 nitrogen and oxygen atoms in total. The second-order valence-electron chi connectivity index (χ2n) is 7.64. The van der Waals surface area contributed by atoms with Gasteiger partial charge in [-0.15, -0.1) is 0 Å². The lowest BCUT2D eigenvalue weighted by Crippen LogP contribution is -2.14. The van der Waals surface area contributed by atoms with E-state index in [1.165, 1.54) is 37.8 Å². The lowest BCUT2D eigenvalue weighted by molar-refractivity contribution is -0.137. The predicted octanol–water partition coefficient (Wildman–Crippen LogP) is 6.39. The van der Waals surface area contributed by atoms with Gasteiger partial charge in [0.15, 0.2) is 5.13 Å². The molecule has 3 aromatic rings. The van der Waals surface area contributed by atoms with Crippen molar-refractivity contribution in [3.8, 4) is 0 Å². The fraction of sp³-hybridized carbons (Fsp3) is 0.320. The first kappa shape index (κ1) is 28.0. The van der Waals surface area contributed by atoms with Crippen LogP contribution >= 0.6 is 11.3 Å². The van der Waals surface area contributed by atoms with Gasteiger partial charge in [0.1, 0.15) is 4.88 Å². The Morgan fingerprint density at radius 2 is 1.77 bits per heavy atom. The van der Waals surface area contributed by atoms with Crippen LogP contribution in [0.3, 0.4) is 0 Å². The standard InChI is InChI=1S/C13H9F3N2O3S.C12H19N/c1-6-9(11(20)21)22-12(17-6)18-10(19)7-3-2-4-8(5-7)13(14,15)16;1-2-3-7-10-13-11-12-8-5-4-6-9-12/h2-5H,1H3,(H,20,21)(H,17,18,19);4-6,8-9,13H,2-3,7,10-11H2,1H3. The SMILES string of the molecule is CCCCCNCc1ccccc1.Cc1nc(NC(=O)c2cccc(C(F)(F)F)c2)sc1C(=O)O. The lowest BCUT2D eigenvalue weighted by Gasteiger charge is -2.08. The minimum Gasteiger partial charge on any atom is -0.477 e. The van der Waals surface area contributed by atoms with Crippen molar-refractivity contribution in [2.45, 2.75) is 45.8 Å². The van der Waals surface area contributed by atoms with E-state index in [4.69, 9.17) is 5.11 Å². The summed E-state index contributed by atoms with van der Waals surface area (Å²) in [5.74, 6) is -1.98. The summed E-state index contributed by atoms with van der Waals surface area (Å²) < 4.78 is 37.8. The number of aromatic carboxylic acids is 1. The van der Waals surface area contributed by atoms with Gasteiger partial charge in [0.2, 0.25) is 0 Å². The summed E-state index contributed by atoms with van der Waals surface area (Å²) >= 11 is 0.736. The quantitative estimate of drug-likeness (QED) is 0.292.